The van der Waals surface area contributed by atoms with Gasteiger partial charge in [-0.1, -0.05) is 27.7 Å². The summed E-state index contributed by atoms with van der Waals surface area (Å²) in [6.45, 7) is 11.8. The van der Waals surface area contributed by atoms with Crippen molar-refractivity contribution in [2.24, 2.45) is 17.6 Å². The zero-order valence-electron chi connectivity index (χ0n) is 13.2. The number of furan rings is 1. The lowest BCUT2D eigenvalue weighted by Crippen LogP contribution is -2.36. The van der Waals surface area contributed by atoms with Gasteiger partial charge in [0.05, 0.1) is 16.8 Å². The molecule has 4 heteroatoms. The predicted molar refractivity (Wildman–Crippen MR) is 88.7 cm³/mol. The molecule has 0 spiro atoms. The van der Waals surface area contributed by atoms with E-state index < -0.39 is 0 Å². The Morgan fingerprint density at radius 3 is 2.05 bits per heavy atom. The molecule has 0 aliphatic rings. The fourth-order valence-corrected chi connectivity index (χ4v) is 2.70. The molecule has 1 aromatic rings. The van der Waals surface area contributed by atoms with Gasteiger partial charge in [-0.15, -0.1) is 0 Å². The van der Waals surface area contributed by atoms with Gasteiger partial charge in [0.15, 0.2) is 0 Å². The minimum atomic E-state index is 0.164. The van der Waals surface area contributed by atoms with Crippen LogP contribution in [0.4, 0.5) is 0 Å². The van der Waals surface area contributed by atoms with Crippen molar-refractivity contribution >= 4 is 15.9 Å². The van der Waals surface area contributed by atoms with E-state index in [2.05, 4.69) is 48.5 Å². The molecule has 0 aliphatic heterocycles. The Bertz CT molecular complexity index is 364. The fourth-order valence-electron chi connectivity index (χ4n) is 2.24. The van der Waals surface area contributed by atoms with Crippen LogP contribution in [0.5, 0.6) is 0 Å². The zero-order chi connectivity index (χ0) is 15.1. The Morgan fingerprint density at radius 1 is 1.15 bits per heavy atom. The fraction of sp³-hybridized carbons (Fsp3) is 0.750. The van der Waals surface area contributed by atoms with E-state index in [0.29, 0.717) is 18.4 Å². The van der Waals surface area contributed by atoms with Crippen LogP contribution in [0.3, 0.4) is 0 Å². The van der Waals surface area contributed by atoms with E-state index in [1.54, 1.807) is 6.26 Å². The number of nitrogens with two attached hydrogens (primary N) is 1. The number of hydrogen-bond donors (Lipinski definition) is 1. The van der Waals surface area contributed by atoms with Crippen molar-refractivity contribution in [3.05, 3.63) is 22.6 Å². The first-order valence-corrected chi connectivity index (χ1v) is 8.42. The largest absolute Gasteiger partial charge is 0.466 e. The van der Waals surface area contributed by atoms with Crippen molar-refractivity contribution in [2.75, 3.05) is 19.6 Å². The lowest BCUT2D eigenvalue weighted by molar-refractivity contribution is 0.161. The van der Waals surface area contributed by atoms with Gasteiger partial charge in [-0.3, -0.25) is 4.90 Å². The third-order valence-electron chi connectivity index (χ3n) is 3.60. The van der Waals surface area contributed by atoms with E-state index >= 15 is 0 Å². The summed E-state index contributed by atoms with van der Waals surface area (Å²) in [5.74, 6) is 2.37. The Kier molecular flexibility index (Phi) is 7.85. The molecule has 20 heavy (non-hydrogen) atoms. The summed E-state index contributed by atoms with van der Waals surface area (Å²) in [4.78, 5) is 2.48. The Hall–Kier alpha value is -0.320. The van der Waals surface area contributed by atoms with Crippen LogP contribution in [-0.2, 0) is 0 Å². The molecule has 1 unspecified atom stereocenters. The third kappa shape index (κ3) is 5.58. The standard InChI is InChI=1S/C16H29BrN2O/c1-12(2)5-8-19(9-6-13(3)4)15(11-18)16-14(17)7-10-20-16/h7,10,12-13,15H,5-6,8-9,11,18H2,1-4H3. The van der Waals surface area contributed by atoms with E-state index in [1.807, 2.05) is 6.07 Å². The number of nitrogens with zero attached hydrogens (tertiary/aromatic N) is 1. The molecule has 116 valence electrons. The maximum absolute atomic E-state index is 6.02. The van der Waals surface area contributed by atoms with E-state index in [1.165, 1.54) is 12.8 Å². The van der Waals surface area contributed by atoms with Crippen molar-refractivity contribution in [2.45, 2.75) is 46.6 Å². The molecule has 0 amide bonds. The molecule has 0 aliphatic carbocycles. The van der Waals surface area contributed by atoms with Crippen LogP contribution < -0.4 is 5.73 Å². The first-order valence-electron chi connectivity index (χ1n) is 7.62. The summed E-state index contributed by atoms with van der Waals surface area (Å²) < 4.78 is 6.66. The smallest absolute Gasteiger partial charge is 0.136 e. The Morgan fingerprint density at radius 2 is 1.70 bits per heavy atom. The number of hydrogen-bond acceptors (Lipinski definition) is 3. The average Bonchev–Trinajstić information content (AvgIpc) is 2.78. The lowest BCUT2D eigenvalue weighted by atomic mass is 10.1. The molecule has 0 aromatic carbocycles. The molecule has 1 aromatic heterocycles. The van der Waals surface area contributed by atoms with Gasteiger partial charge >= 0.3 is 0 Å². The summed E-state index contributed by atoms with van der Waals surface area (Å²) in [7, 11) is 0. The van der Waals surface area contributed by atoms with Crippen LogP contribution in [-0.4, -0.2) is 24.5 Å². The highest BCUT2D eigenvalue weighted by Crippen LogP contribution is 2.29. The normalized spacial score (nSPS) is 13.7. The van der Waals surface area contributed by atoms with E-state index in [9.17, 15) is 0 Å². The zero-order valence-corrected chi connectivity index (χ0v) is 14.8. The first kappa shape index (κ1) is 17.7. The first-order chi connectivity index (χ1) is 9.45. The van der Waals surface area contributed by atoms with Crippen LogP contribution in [0.2, 0.25) is 0 Å². The lowest BCUT2D eigenvalue weighted by Gasteiger charge is -2.31. The molecule has 0 fully saturated rings. The Balaban J connectivity index is 2.79. The molecule has 2 N–H and O–H groups in total. The summed E-state index contributed by atoms with van der Waals surface area (Å²) in [5, 5.41) is 0. The summed E-state index contributed by atoms with van der Waals surface area (Å²) in [6, 6.07) is 2.11. The summed E-state index contributed by atoms with van der Waals surface area (Å²) in [6.07, 6.45) is 4.10. The molecule has 1 heterocycles. The molecule has 0 saturated heterocycles. The van der Waals surface area contributed by atoms with Crippen molar-refractivity contribution in [1.29, 1.82) is 0 Å². The monoisotopic (exact) mass is 344 g/mol. The minimum absolute atomic E-state index is 0.164. The van der Waals surface area contributed by atoms with E-state index in [4.69, 9.17) is 10.2 Å². The highest BCUT2D eigenvalue weighted by Gasteiger charge is 2.24. The summed E-state index contributed by atoms with van der Waals surface area (Å²) in [5.41, 5.74) is 6.02. The highest BCUT2D eigenvalue weighted by molar-refractivity contribution is 9.10. The minimum Gasteiger partial charge on any atom is -0.466 e. The SMILES string of the molecule is CC(C)CCN(CCC(C)C)C(CN)c1occc1Br. The van der Waals surface area contributed by atoms with Gasteiger partial charge in [0, 0.05) is 6.54 Å². The quantitative estimate of drug-likeness (QED) is 0.720. The molecule has 0 saturated carbocycles. The predicted octanol–water partition coefficient (Wildman–Crippen LogP) is 4.44. The van der Waals surface area contributed by atoms with Crippen molar-refractivity contribution in [1.82, 2.24) is 4.90 Å². The Labute approximate surface area is 132 Å². The topological polar surface area (TPSA) is 42.4 Å². The van der Waals surface area contributed by atoms with Gasteiger partial charge in [0.1, 0.15) is 5.76 Å². The van der Waals surface area contributed by atoms with E-state index in [0.717, 1.165) is 23.3 Å². The molecule has 3 nitrogen and oxygen atoms in total. The molecular formula is C16H29BrN2O. The van der Waals surface area contributed by atoms with Gasteiger partial charge in [0.25, 0.3) is 0 Å². The van der Waals surface area contributed by atoms with Gasteiger partial charge in [-0.2, -0.15) is 0 Å². The van der Waals surface area contributed by atoms with Crippen LogP contribution in [0.1, 0.15) is 52.3 Å². The summed E-state index contributed by atoms with van der Waals surface area (Å²) >= 11 is 3.56. The van der Waals surface area contributed by atoms with Crippen LogP contribution in [0.15, 0.2) is 21.2 Å². The molecular weight excluding hydrogens is 316 g/mol. The van der Waals surface area contributed by atoms with E-state index in [-0.39, 0.29) is 6.04 Å². The second-order valence-electron chi connectivity index (χ2n) is 6.29. The van der Waals surface area contributed by atoms with Crippen LogP contribution >= 0.6 is 15.9 Å². The molecule has 0 radical (unpaired) electrons. The average molecular weight is 345 g/mol. The maximum Gasteiger partial charge on any atom is 0.136 e. The molecule has 1 rings (SSSR count). The molecule has 0 bridgehead atoms. The second-order valence-corrected chi connectivity index (χ2v) is 7.14. The van der Waals surface area contributed by atoms with Crippen molar-refractivity contribution < 1.29 is 4.42 Å². The number of halogens is 1. The van der Waals surface area contributed by atoms with Crippen LogP contribution in [0, 0.1) is 11.8 Å². The van der Waals surface area contributed by atoms with Gasteiger partial charge in [-0.25, -0.2) is 0 Å². The van der Waals surface area contributed by atoms with Crippen LogP contribution in [0.25, 0.3) is 0 Å². The highest BCUT2D eigenvalue weighted by atomic mass is 79.9. The molecule has 1 atom stereocenters. The van der Waals surface area contributed by atoms with Gasteiger partial charge in [-0.05, 0) is 59.8 Å². The van der Waals surface area contributed by atoms with Crippen molar-refractivity contribution in [3.8, 4) is 0 Å². The second kappa shape index (κ2) is 8.85. The van der Waals surface area contributed by atoms with Gasteiger partial charge < -0.3 is 10.2 Å². The van der Waals surface area contributed by atoms with Gasteiger partial charge in [0.2, 0.25) is 0 Å². The van der Waals surface area contributed by atoms with Crippen molar-refractivity contribution in [3.63, 3.8) is 0 Å². The number of rotatable bonds is 9. The third-order valence-corrected chi connectivity index (χ3v) is 4.25. The maximum atomic E-state index is 6.02.